The van der Waals surface area contributed by atoms with Crippen molar-refractivity contribution >= 4 is 43.5 Å². The summed E-state index contributed by atoms with van der Waals surface area (Å²) in [4.78, 5) is 4.15. The van der Waals surface area contributed by atoms with Crippen molar-refractivity contribution in [2.24, 2.45) is 0 Å². The largest absolute Gasteiger partial charge is 0.506 e. The molecule has 3 aromatic rings. The number of rotatable bonds is 4. The molecule has 0 radical (unpaired) electrons. The first-order valence-corrected chi connectivity index (χ1v) is 8.74. The molecule has 8 heteroatoms. The lowest BCUT2D eigenvalue weighted by molar-refractivity contribution is 0.277. The van der Waals surface area contributed by atoms with E-state index in [0.29, 0.717) is 26.3 Å². The normalized spacial score (nSPS) is 10.6. The molecule has 0 amide bonds. The third-order valence-corrected chi connectivity index (χ3v) is 4.55. The average Bonchev–Trinajstić information content (AvgIpc) is 2.58. The van der Waals surface area contributed by atoms with Crippen molar-refractivity contribution in [2.75, 3.05) is 0 Å². The minimum atomic E-state index is 0.126. The Kier molecular flexibility index (Phi) is 5.33. The highest BCUT2D eigenvalue weighted by Gasteiger charge is 2.10. The Bertz CT molecular complexity index is 852. The molecule has 2 aromatic carbocycles. The van der Waals surface area contributed by atoms with E-state index in [1.807, 2.05) is 18.2 Å². The molecule has 0 aliphatic carbocycles. The lowest BCUT2D eigenvalue weighted by Gasteiger charge is -2.06. The maximum Gasteiger partial charge on any atom is 0.336 e. The summed E-state index contributed by atoms with van der Waals surface area (Å²) < 4.78 is 6.60. The van der Waals surface area contributed by atoms with E-state index in [1.165, 1.54) is 0 Å². The molecule has 1 N–H and O–H groups in total. The summed E-state index contributed by atoms with van der Waals surface area (Å²) in [6.07, 6.45) is 1.56. The van der Waals surface area contributed by atoms with Crippen LogP contribution in [0, 0.1) is 0 Å². The highest BCUT2D eigenvalue weighted by molar-refractivity contribution is 9.11. The van der Waals surface area contributed by atoms with Crippen LogP contribution in [0.1, 0.15) is 5.56 Å². The summed E-state index contributed by atoms with van der Waals surface area (Å²) >= 11 is 12.5. The Balaban J connectivity index is 1.74. The second-order valence-corrected chi connectivity index (χ2v) is 6.98. The minimum Gasteiger partial charge on any atom is -0.506 e. The minimum absolute atomic E-state index is 0.126. The topological polar surface area (TPSA) is 68.1 Å². The number of nitrogens with zero attached hydrogens (tertiary/aromatic N) is 3. The summed E-state index contributed by atoms with van der Waals surface area (Å²) in [5.41, 5.74) is 2.24. The lowest BCUT2D eigenvalue weighted by Crippen LogP contribution is -2.01. The molecule has 0 aliphatic heterocycles. The van der Waals surface area contributed by atoms with Crippen LogP contribution < -0.4 is 4.74 Å². The van der Waals surface area contributed by atoms with Crippen LogP contribution in [-0.4, -0.2) is 20.3 Å². The van der Waals surface area contributed by atoms with Crippen LogP contribution in [0.15, 0.2) is 51.5 Å². The van der Waals surface area contributed by atoms with Crippen LogP contribution in [-0.2, 0) is 6.61 Å². The van der Waals surface area contributed by atoms with E-state index in [4.69, 9.17) is 16.3 Å². The molecule has 0 saturated heterocycles. The summed E-state index contributed by atoms with van der Waals surface area (Å²) in [6.45, 7) is 0.303. The third-order valence-electron chi connectivity index (χ3n) is 3.11. The fourth-order valence-electron chi connectivity index (χ4n) is 1.95. The molecule has 1 heterocycles. The number of hydrogen-bond acceptors (Lipinski definition) is 5. The lowest BCUT2D eigenvalue weighted by atomic mass is 10.1. The molecular weight excluding hydrogens is 461 g/mol. The van der Waals surface area contributed by atoms with Crippen LogP contribution in [0.5, 0.6) is 11.8 Å². The Morgan fingerprint density at radius 3 is 2.46 bits per heavy atom. The number of benzene rings is 2. The molecule has 0 bridgehead atoms. The Morgan fingerprint density at radius 2 is 1.83 bits per heavy atom. The zero-order valence-electron chi connectivity index (χ0n) is 12.1. The first-order chi connectivity index (χ1) is 11.5. The smallest absolute Gasteiger partial charge is 0.336 e. The van der Waals surface area contributed by atoms with Crippen molar-refractivity contribution in [3.63, 3.8) is 0 Å². The fourth-order valence-corrected chi connectivity index (χ4v) is 3.35. The van der Waals surface area contributed by atoms with Crippen molar-refractivity contribution in [3.05, 3.63) is 62.1 Å². The highest BCUT2D eigenvalue weighted by atomic mass is 79.9. The van der Waals surface area contributed by atoms with Gasteiger partial charge in [0.2, 0.25) is 0 Å². The second-order valence-electron chi connectivity index (χ2n) is 4.83. The van der Waals surface area contributed by atoms with Gasteiger partial charge in [0.05, 0.1) is 15.1 Å². The zero-order chi connectivity index (χ0) is 17.1. The van der Waals surface area contributed by atoms with Crippen LogP contribution in [0.4, 0.5) is 0 Å². The van der Waals surface area contributed by atoms with Gasteiger partial charge in [-0.25, -0.2) is 4.98 Å². The van der Waals surface area contributed by atoms with Gasteiger partial charge >= 0.3 is 6.01 Å². The Morgan fingerprint density at radius 1 is 1.08 bits per heavy atom. The number of phenolic OH excluding ortho intramolecular Hbond substituents is 1. The first-order valence-electron chi connectivity index (χ1n) is 6.78. The van der Waals surface area contributed by atoms with E-state index in [1.54, 1.807) is 24.4 Å². The molecule has 0 unspecified atom stereocenters. The van der Waals surface area contributed by atoms with E-state index in [-0.39, 0.29) is 11.8 Å². The number of halogens is 3. The first kappa shape index (κ1) is 17.1. The molecular formula is C16H10Br2ClN3O2. The van der Waals surface area contributed by atoms with Crippen molar-refractivity contribution in [3.8, 4) is 23.0 Å². The van der Waals surface area contributed by atoms with Crippen molar-refractivity contribution in [1.29, 1.82) is 0 Å². The molecule has 1 aromatic heterocycles. The van der Waals surface area contributed by atoms with Gasteiger partial charge in [0.15, 0.2) is 0 Å². The maximum absolute atomic E-state index is 9.74. The predicted molar refractivity (Wildman–Crippen MR) is 98.1 cm³/mol. The van der Waals surface area contributed by atoms with E-state index in [0.717, 1.165) is 11.1 Å². The van der Waals surface area contributed by atoms with Crippen molar-refractivity contribution in [1.82, 2.24) is 15.2 Å². The van der Waals surface area contributed by atoms with Crippen LogP contribution in [0.2, 0.25) is 5.02 Å². The average molecular weight is 472 g/mol. The van der Waals surface area contributed by atoms with Gasteiger partial charge in [-0.2, -0.15) is 0 Å². The van der Waals surface area contributed by atoms with E-state index >= 15 is 0 Å². The summed E-state index contributed by atoms with van der Waals surface area (Å²) in [5, 5.41) is 18.5. The Hall–Kier alpha value is -1.70. The third kappa shape index (κ3) is 4.03. The summed E-state index contributed by atoms with van der Waals surface area (Å²) in [6, 6.07) is 11.0. The van der Waals surface area contributed by atoms with E-state index in [9.17, 15) is 5.11 Å². The Labute approximate surface area is 159 Å². The van der Waals surface area contributed by atoms with Gasteiger partial charge in [-0.05, 0) is 61.7 Å². The molecule has 0 saturated carbocycles. The number of phenols is 1. The van der Waals surface area contributed by atoms with Crippen LogP contribution in [0.25, 0.3) is 11.3 Å². The molecule has 0 spiro atoms. The molecule has 0 fully saturated rings. The zero-order valence-corrected chi connectivity index (χ0v) is 16.0. The number of aromatic hydroxyl groups is 1. The van der Waals surface area contributed by atoms with E-state index in [2.05, 4.69) is 47.0 Å². The molecule has 0 aliphatic rings. The predicted octanol–water partition coefficient (Wildman–Crippen LogP) is 5.00. The van der Waals surface area contributed by atoms with Gasteiger partial charge in [-0.1, -0.05) is 28.8 Å². The molecule has 3 rings (SSSR count). The monoisotopic (exact) mass is 469 g/mol. The second kappa shape index (κ2) is 7.46. The molecule has 5 nitrogen and oxygen atoms in total. The SMILES string of the molecule is Oc1c(Br)cc(-c2cnc(OCc3cccc(Cl)c3)nn2)cc1Br. The summed E-state index contributed by atoms with van der Waals surface area (Å²) in [7, 11) is 0. The quantitative estimate of drug-likeness (QED) is 0.580. The van der Waals surface area contributed by atoms with E-state index < -0.39 is 0 Å². The number of hydrogen-bond donors (Lipinski definition) is 1. The van der Waals surface area contributed by atoms with Gasteiger partial charge in [0.25, 0.3) is 0 Å². The molecule has 24 heavy (non-hydrogen) atoms. The van der Waals surface area contributed by atoms with Gasteiger partial charge in [-0.15, -0.1) is 5.10 Å². The van der Waals surface area contributed by atoms with Crippen molar-refractivity contribution in [2.45, 2.75) is 6.61 Å². The fraction of sp³-hybridized carbons (Fsp3) is 0.0625. The maximum atomic E-state index is 9.74. The number of aromatic nitrogens is 3. The van der Waals surface area contributed by atoms with Crippen LogP contribution >= 0.6 is 43.5 Å². The van der Waals surface area contributed by atoms with Crippen LogP contribution in [0.3, 0.4) is 0 Å². The standard InChI is InChI=1S/C16H10Br2ClN3O2/c17-12-5-10(6-13(18)15(12)23)14-7-20-16(22-21-14)24-8-9-2-1-3-11(19)4-9/h1-7,23H,8H2. The van der Waals surface area contributed by atoms with Gasteiger partial charge in [-0.3, -0.25) is 0 Å². The summed E-state index contributed by atoms with van der Waals surface area (Å²) in [5.74, 6) is 0.126. The highest BCUT2D eigenvalue weighted by Crippen LogP contribution is 2.36. The van der Waals surface area contributed by atoms with Gasteiger partial charge in [0.1, 0.15) is 18.1 Å². The molecule has 0 atom stereocenters. The number of ether oxygens (including phenoxy) is 1. The van der Waals surface area contributed by atoms with Gasteiger partial charge in [0, 0.05) is 10.6 Å². The molecule has 122 valence electrons. The van der Waals surface area contributed by atoms with Crippen molar-refractivity contribution < 1.29 is 9.84 Å². The van der Waals surface area contributed by atoms with Gasteiger partial charge < -0.3 is 9.84 Å².